The molecule has 4 aromatic rings. The van der Waals surface area contributed by atoms with Crippen molar-refractivity contribution >= 4 is 23.9 Å². The van der Waals surface area contributed by atoms with E-state index >= 15 is 0 Å². The fourth-order valence-corrected chi connectivity index (χ4v) is 4.90. The fourth-order valence-electron chi connectivity index (χ4n) is 4.90. The standard InChI is InChI=1S/4C10H12O2.Ti/c4*1-2-9(10(11)12)8-6-4-3-5-7-8;/h4*3-7,9H,2H2,1H3,(H,11,12);/q;;;;+4/p-4. The largest absolute Gasteiger partial charge is 4.00 e. The third-order valence-electron chi connectivity index (χ3n) is 7.58. The molecule has 4 atom stereocenters. The van der Waals surface area contributed by atoms with Crippen LogP contribution in [0.3, 0.4) is 0 Å². The molecule has 49 heavy (non-hydrogen) atoms. The normalized spacial score (nSPS) is 12.2. The number of carboxylic acid groups (broad SMARTS) is 4. The van der Waals surface area contributed by atoms with E-state index in [0.717, 1.165) is 22.3 Å². The Labute approximate surface area is 304 Å². The summed E-state index contributed by atoms with van der Waals surface area (Å²) in [6.45, 7) is 7.36. The molecular weight excluding hydrogens is 656 g/mol. The van der Waals surface area contributed by atoms with E-state index in [2.05, 4.69) is 0 Å². The fraction of sp³-hybridized carbons (Fsp3) is 0.300. The third-order valence-corrected chi connectivity index (χ3v) is 7.58. The molecular formula is C40H44O8Ti. The van der Waals surface area contributed by atoms with Crippen molar-refractivity contribution < 1.29 is 61.3 Å². The number of carbonyl (C=O) groups is 4. The van der Waals surface area contributed by atoms with Crippen LogP contribution in [0.2, 0.25) is 0 Å². The number of aliphatic carboxylic acids is 4. The summed E-state index contributed by atoms with van der Waals surface area (Å²) in [5.41, 5.74) is 3.28. The maximum Gasteiger partial charge on any atom is 4.00 e. The van der Waals surface area contributed by atoms with Gasteiger partial charge in [0.05, 0.1) is 0 Å². The van der Waals surface area contributed by atoms with Gasteiger partial charge in [0.2, 0.25) is 0 Å². The van der Waals surface area contributed by atoms with Crippen LogP contribution in [0, 0.1) is 0 Å². The molecule has 0 spiro atoms. The van der Waals surface area contributed by atoms with Crippen LogP contribution in [-0.4, -0.2) is 23.9 Å². The second kappa shape index (κ2) is 25.5. The van der Waals surface area contributed by atoms with E-state index in [0.29, 0.717) is 25.7 Å². The summed E-state index contributed by atoms with van der Waals surface area (Å²) in [6.07, 6.45) is 2.30. The summed E-state index contributed by atoms with van der Waals surface area (Å²) in [7, 11) is 0. The number of hydrogen-bond acceptors (Lipinski definition) is 8. The average molecular weight is 701 g/mol. The molecule has 256 valence electrons. The van der Waals surface area contributed by atoms with Crippen LogP contribution >= 0.6 is 0 Å². The first-order valence-corrected chi connectivity index (χ1v) is 16.0. The maximum atomic E-state index is 10.6. The van der Waals surface area contributed by atoms with Gasteiger partial charge in [0, 0.05) is 47.5 Å². The van der Waals surface area contributed by atoms with Gasteiger partial charge in [0.25, 0.3) is 0 Å². The van der Waals surface area contributed by atoms with Crippen molar-refractivity contribution in [1.29, 1.82) is 0 Å². The van der Waals surface area contributed by atoms with Gasteiger partial charge >= 0.3 is 21.7 Å². The molecule has 0 bridgehead atoms. The summed E-state index contributed by atoms with van der Waals surface area (Å²) >= 11 is 0. The van der Waals surface area contributed by atoms with Crippen molar-refractivity contribution in [3.63, 3.8) is 0 Å². The summed E-state index contributed by atoms with van der Waals surface area (Å²) in [5.74, 6) is -5.85. The van der Waals surface area contributed by atoms with Crippen LogP contribution < -0.4 is 20.4 Å². The molecule has 8 nitrogen and oxygen atoms in total. The molecule has 0 radical (unpaired) electrons. The topological polar surface area (TPSA) is 161 Å². The van der Waals surface area contributed by atoms with E-state index in [-0.39, 0.29) is 21.7 Å². The van der Waals surface area contributed by atoms with E-state index in [1.165, 1.54) is 0 Å². The van der Waals surface area contributed by atoms with Gasteiger partial charge < -0.3 is 39.6 Å². The first-order chi connectivity index (χ1) is 23.0. The molecule has 9 heteroatoms. The van der Waals surface area contributed by atoms with Crippen molar-refractivity contribution in [3.05, 3.63) is 144 Å². The van der Waals surface area contributed by atoms with Gasteiger partial charge in [-0.25, -0.2) is 0 Å². The van der Waals surface area contributed by atoms with Crippen LogP contribution in [0.4, 0.5) is 0 Å². The third kappa shape index (κ3) is 16.4. The number of benzene rings is 4. The van der Waals surface area contributed by atoms with Crippen LogP contribution in [0.25, 0.3) is 0 Å². The molecule has 4 unspecified atom stereocenters. The molecule has 0 saturated carbocycles. The van der Waals surface area contributed by atoms with Gasteiger partial charge in [-0.05, 0) is 47.9 Å². The van der Waals surface area contributed by atoms with Gasteiger partial charge in [0.15, 0.2) is 0 Å². The van der Waals surface area contributed by atoms with Crippen molar-refractivity contribution in [2.45, 2.75) is 77.0 Å². The molecule has 4 aromatic carbocycles. The Morgan fingerprint density at radius 1 is 0.367 bits per heavy atom. The smallest absolute Gasteiger partial charge is 0.549 e. The molecule has 0 heterocycles. The molecule has 0 aromatic heterocycles. The predicted molar refractivity (Wildman–Crippen MR) is 178 cm³/mol. The minimum atomic E-state index is -0.997. The number of rotatable bonds is 12. The second-order valence-corrected chi connectivity index (χ2v) is 10.8. The quantitative estimate of drug-likeness (QED) is 0.202. The Hall–Kier alpha value is -4.53. The molecule has 0 aliphatic rings. The maximum absolute atomic E-state index is 10.6. The zero-order chi connectivity index (χ0) is 35.9. The zero-order valence-corrected chi connectivity index (χ0v) is 30.0. The average Bonchev–Trinajstić information content (AvgIpc) is 3.08. The van der Waals surface area contributed by atoms with E-state index in [9.17, 15) is 39.6 Å². The van der Waals surface area contributed by atoms with Crippen LogP contribution in [0.5, 0.6) is 0 Å². The monoisotopic (exact) mass is 700 g/mol. The number of hydrogen-bond donors (Lipinski definition) is 0. The molecule has 0 aliphatic carbocycles. The SMILES string of the molecule is CCC(C(=O)[O-])c1ccccc1.CCC(C(=O)[O-])c1ccccc1.CCC(C(=O)[O-])c1ccccc1.CCC(C(=O)[O-])c1ccccc1.[Ti+4]. The van der Waals surface area contributed by atoms with E-state index in [1.807, 2.05) is 149 Å². The Kier molecular flexibility index (Phi) is 23.1. The Bertz CT molecular complexity index is 1250. The van der Waals surface area contributed by atoms with Crippen molar-refractivity contribution in [1.82, 2.24) is 0 Å². The number of carboxylic acids is 4. The molecule has 0 N–H and O–H groups in total. The summed E-state index contributed by atoms with van der Waals surface area (Å²) < 4.78 is 0. The zero-order valence-electron chi connectivity index (χ0n) is 28.5. The van der Waals surface area contributed by atoms with Crippen molar-refractivity contribution in [3.8, 4) is 0 Å². The van der Waals surface area contributed by atoms with Crippen LogP contribution in [0.1, 0.15) is 99.3 Å². The number of carbonyl (C=O) groups excluding carboxylic acids is 4. The van der Waals surface area contributed by atoms with Gasteiger partial charge in [-0.3, -0.25) is 0 Å². The minimum Gasteiger partial charge on any atom is -0.549 e. The summed E-state index contributed by atoms with van der Waals surface area (Å²) in [5, 5.41) is 42.5. The van der Waals surface area contributed by atoms with E-state index in [4.69, 9.17) is 0 Å². The minimum absolute atomic E-state index is 0. The Balaban J connectivity index is 0.000000623. The van der Waals surface area contributed by atoms with E-state index in [1.54, 1.807) is 0 Å². The second-order valence-electron chi connectivity index (χ2n) is 10.8. The molecule has 0 aliphatic heterocycles. The van der Waals surface area contributed by atoms with E-state index < -0.39 is 47.5 Å². The predicted octanol–water partition coefficient (Wildman–Crippen LogP) is 3.72. The molecule has 4 rings (SSSR count). The Morgan fingerprint density at radius 2 is 0.510 bits per heavy atom. The van der Waals surface area contributed by atoms with Gasteiger partial charge in [-0.2, -0.15) is 0 Å². The first-order valence-electron chi connectivity index (χ1n) is 16.0. The summed E-state index contributed by atoms with van der Waals surface area (Å²) in [6, 6.07) is 36.6. The molecule has 0 fully saturated rings. The van der Waals surface area contributed by atoms with Crippen molar-refractivity contribution in [2.75, 3.05) is 0 Å². The van der Waals surface area contributed by atoms with Crippen LogP contribution in [-0.2, 0) is 40.9 Å². The van der Waals surface area contributed by atoms with Gasteiger partial charge in [0.1, 0.15) is 0 Å². The van der Waals surface area contributed by atoms with Gasteiger partial charge in [-0.1, -0.05) is 149 Å². The molecule has 0 saturated heterocycles. The Morgan fingerprint density at radius 3 is 0.612 bits per heavy atom. The first kappa shape index (κ1) is 44.5. The molecule has 0 amide bonds. The van der Waals surface area contributed by atoms with Gasteiger partial charge in [-0.15, -0.1) is 0 Å². The van der Waals surface area contributed by atoms with Crippen molar-refractivity contribution in [2.24, 2.45) is 0 Å². The van der Waals surface area contributed by atoms with Crippen LogP contribution in [0.15, 0.2) is 121 Å². The summed E-state index contributed by atoms with van der Waals surface area (Å²) in [4.78, 5) is 42.5.